The van der Waals surface area contributed by atoms with Gasteiger partial charge >= 0.3 is 0 Å². The molecule has 1 fully saturated rings. The molecule has 1 aliphatic heterocycles. The molecule has 1 aromatic rings. The van der Waals surface area contributed by atoms with Crippen LogP contribution in [-0.2, 0) is 26.4 Å². The Bertz CT molecular complexity index is 718. The van der Waals surface area contributed by atoms with E-state index in [4.69, 9.17) is 10.2 Å². The number of nitrogens with two attached hydrogens (primary N) is 1. The molecule has 1 unspecified atom stereocenters. The van der Waals surface area contributed by atoms with Crippen LogP contribution < -0.4 is 10.5 Å². The van der Waals surface area contributed by atoms with Crippen LogP contribution in [0.1, 0.15) is 23.5 Å². The summed E-state index contributed by atoms with van der Waals surface area (Å²) >= 11 is 0. The van der Waals surface area contributed by atoms with E-state index in [1.807, 2.05) is 0 Å². The molecule has 1 atom stereocenters. The summed E-state index contributed by atoms with van der Waals surface area (Å²) in [7, 11) is -6.98. The zero-order valence-corrected chi connectivity index (χ0v) is 13.0. The van der Waals surface area contributed by atoms with E-state index in [2.05, 4.69) is 4.72 Å². The smallest absolute Gasteiger partial charge is 0.244 e. The average Bonchev–Trinajstić information content (AvgIpc) is 2.77. The van der Waals surface area contributed by atoms with Gasteiger partial charge in [0.05, 0.1) is 11.5 Å². The summed E-state index contributed by atoms with van der Waals surface area (Å²) in [6.45, 7) is 3.24. The second-order valence-corrected chi connectivity index (χ2v) is 8.83. The molecule has 0 amide bonds. The van der Waals surface area contributed by atoms with Crippen molar-refractivity contribution in [1.29, 1.82) is 0 Å². The molecular formula is C11H18N2O5S2. The molecule has 2 rings (SSSR count). The Kier molecular flexibility index (Phi) is 3.98. The number of sulfone groups is 1. The van der Waals surface area contributed by atoms with Gasteiger partial charge in [-0.3, -0.25) is 0 Å². The Balaban J connectivity index is 2.32. The maximum atomic E-state index is 12.4. The Labute approximate surface area is 118 Å². The normalized spacial score (nSPS) is 22.2. The summed E-state index contributed by atoms with van der Waals surface area (Å²) in [4.78, 5) is 0.0294. The monoisotopic (exact) mass is 322 g/mol. The molecule has 0 radical (unpaired) electrons. The lowest BCUT2D eigenvalue weighted by molar-refractivity contribution is 0.493. The van der Waals surface area contributed by atoms with Crippen molar-refractivity contribution in [2.24, 2.45) is 5.73 Å². The first kappa shape index (κ1) is 15.5. The molecule has 0 spiro atoms. The first-order chi connectivity index (χ1) is 9.16. The number of aryl methyl sites for hydroxylation is 2. The fraction of sp³-hybridized carbons (Fsp3) is 0.636. The molecule has 114 valence electrons. The molecule has 2 heterocycles. The van der Waals surface area contributed by atoms with Crippen LogP contribution in [0.2, 0.25) is 0 Å². The first-order valence-corrected chi connectivity index (χ1v) is 9.48. The van der Waals surface area contributed by atoms with Crippen molar-refractivity contribution in [3.63, 3.8) is 0 Å². The number of nitrogens with one attached hydrogen (secondary N) is 1. The van der Waals surface area contributed by atoms with Crippen molar-refractivity contribution >= 4 is 19.9 Å². The summed E-state index contributed by atoms with van der Waals surface area (Å²) in [6.07, 6.45) is 0.287. The molecular weight excluding hydrogens is 304 g/mol. The summed E-state index contributed by atoms with van der Waals surface area (Å²) in [6, 6.07) is -0.592. The van der Waals surface area contributed by atoms with Gasteiger partial charge in [-0.05, 0) is 20.3 Å². The number of hydrogen-bond donors (Lipinski definition) is 2. The van der Waals surface area contributed by atoms with Crippen molar-refractivity contribution in [2.45, 2.75) is 37.8 Å². The van der Waals surface area contributed by atoms with Crippen LogP contribution in [0.4, 0.5) is 0 Å². The third-order valence-corrected chi connectivity index (χ3v) is 6.84. The summed E-state index contributed by atoms with van der Waals surface area (Å²) in [5.74, 6) is 0.564. The summed E-state index contributed by atoms with van der Waals surface area (Å²) < 4.78 is 55.3. The lowest BCUT2D eigenvalue weighted by Crippen LogP contribution is -2.36. The number of sulfonamides is 1. The van der Waals surface area contributed by atoms with E-state index in [9.17, 15) is 16.8 Å². The van der Waals surface area contributed by atoms with Crippen LogP contribution in [0.15, 0.2) is 9.31 Å². The zero-order chi connectivity index (χ0) is 15.1. The highest BCUT2D eigenvalue weighted by atomic mass is 32.2. The first-order valence-electron chi connectivity index (χ1n) is 6.18. The lowest BCUT2D eigenvalue weighted by atomic mass is 10.2. The predicted octanol–water partition coefficient (Wildman–Crippen LogP) is -0.179. The molecule has 0 bridgehead atoms. The van der Waals surface area contributed by atoms with Crippen molar-refractivity contribution in [1.82, 2.24) is 4.72 Å². The second-order valence-electron chi connectivity index (χ2n) is 4.95. The Hall–Kier alpha value is -0.900. The van der Waals surface area contributed by atoms with E-state index in [0.29, 0.717) is 11.3 Å². The van der Waals surface area contributed by atoms with E-state index in [1.165, 1.54) is 0 Å². The highest BCUT2D eigenvalue weighted by Crippen LogP contribution is 2.27. The summed E-state index contributed by atoms with van der Waals surface area (Å²) in [5.41, 5.74) is 5.99. The minimum Gasteiger partial charge on any atom is -0.465 e. The van der Waals surface area contributed by atoms with Crippen LogP contribution in [0, 0.1) is 13.8 Å². The Morgan fingerprint density at radius 3 is 2.50 bits per heavy atom. The molecule has 9 heteroatoms. The van der Waals surface area contributed by atoms with E-state index in [1.54, 1.807) is 13.8 Å². The Morgan fingerprint density at radius 1 is 1.35 bits per heavy atom. The molecule has 20 heavy (non-hydrogen) atoms. The van der Waals surface area contributed by atoms with Gasteiger partial charge in [-0.2, -0.15) is 0 Å². The molecule has 1 aromatic heterocycles. The van der Waals surface area contributed by atoms with Crippen molar-refractivity contribution in [3.8, 4) is 0 Å². The minimum absolute atomic E-state index is 0.00727. The van der Waals surface area contributed by atoms with E-state index >= 15 is 0 Å². The molecule has 0 aliphatic carbocycles. The van der Waals surface area contributed by atoms with E-state index in [0.717, 1.165) is 0 Å². The quantitative estimate of drug-likeness (QED) is 0.793. The van der Waals surface area contributed by atoms with Gasteiger partial charge in [0.1, 0.15) is 16.4 Å². The molecule has 1 saturated heterocycles. The fourth-order valence-electron chi connectivity index (χ4n) is 2.46. The summed E-state index contributed by atoms with van der Waals surface area (Å²) in [5, 5.41) is 0. The van der Waals surface area contributed by atoms with Gasteiger partial charge in [-0.15, -0.1) is 0 Å². The highest BCUT2D eigenvalue weighted by Gasteiger charge is 2.34. The van der Waals surface area contributed by atoms with E-state index in [-0.39, 0.29) is 35.1 Å². The van der Waals surface area contributed by atoms with Gasteiger partial charge in [0.15, 0.2) is 9.84 Å². The largest absolute Gasteiger partial charge is 0.465 e. The van der Waals surface area contributed by atoms with Crippen LogP contribution >= 0.6 is 0 Å². The molecule has 3 N–H and O–H groups in total. The second kappa shape index (κ2) is 5.14. The zero-order valence-electron chi connectivity index (χ0n) is 11.3. The van der Waals surface area contributed by atoms with Gasteiger partial charge in [0.25, 0.3) is 0 Å². The van der Waals surface area contributed by atoms with Gasteiger partial charge < -0.3 is 10.2 Å². The van der Waals surface area contributed by atoms with Crippen molar-refractivity contribution in [3.05, 3.63) is 17.1 Å². The average molecular weight is 322 g/mol. The van der Waals surface area contributed by atoms with Crippen LogP contribution in [0.5, 0.6) is 0 Å². The van der Waals surface area contributed by atoms with Crippen LogP contribution in [0.25, 0.3) is 0 Å². The van der Waals surface area contributed by atoms with Crippen molar-refractivity contribution in [2.75, 3.05) is 11.5 Å². The fourth-order valence-corrected chi connectivity index (χ4v) is 5.97. The van der Waals surface area contributed by atoms with Crippen molar-refractivity contribution < 1.29 is 21.3 Å². The van der Waals surface area contributed by atoms with Crippen LogP contribution in [0.3, 0.4) is 0 Å². The van der Waals surface area contributed by atoms with Gasteiger partial charge in [0.2, 0.25) is 10.0 Å². The number of furan rings is 1. The Morgan fingerprint density at radius 2 is 2.00 bits per heavy atom. The third-order valence-electron chi connectivity index (χ3n) is 3.35. The van der Waals surface area contributed by atoms with E-state index < -0.39 is 25.9 Å². The standard InChI is InChI=1S/C11H18N2O5S2/c1-7-10(5-12)11(8(2)18-7)20(16,17)13-9-3-4-19(14,15)6-9/h9,13H,3-6,12H2,1-2H3. The molecule has 0 aromatic carbocycles. The topological polar surface area (TPSA) is 119 Å². The lowest BCUT2D eigenvalue weighted by Gasteiger charge is -2.12. The highest BCUT2D eigenvalue weighted by molar-refractivity contribution is 7.92. The van der Waals surface area contributed by atoms with Gasteiger partial charge in [0, 0.05) is 18.2 Å². The van der Waals surface area contributed by atoms with Gasteiger partial charge in [-0.25, -0.2) is 21.6 Å². The van der Waals surface area contributed by atoms with Crippen LogP contribution in [-0.4, -0.2) is 34.4 Å². The minimum atomic E-state index is -3.83. The number of rotatable bonds is 4. The molecule has 1 aliphatic rings. The number of hydrogen-bond acceptors (Lipinski definition) is 6. The molecule has 7 nitrogen and oxygen atoms in total. The maximum Gasteiger partial charge on any atom is 0.244 e. The maximum absolute atomic E-state index is 12.4. The SMILES string of the molecule is Cc1oc(C)c(S(=O)(=O)NC2CCS(=O)(=O)C2)c1CN. The molecule has 0 saturated carbocycles. The third kappa shape index (κ3) is 2.90. The predicted molar refractivity (Wildman–Crippen MR) is 73.5 cm³/mol. The van der Waals surface area contributed by atoms with Gasteiger partial charge in [-0.1, -0.05) is 0 Å².